The van der Waals surface area contributed by atoms with Gasteiger partial charge in [0.25, 0.3) is 0 Å². The zero-order chi connectivity index (χ0) is 13.9. The Morgan fingerprint density at radius 2 is 2.05 bits per heavy atom. The van der Waals surface area contributed by atoms with Gasteiger partial charge in [-0.2, -0.15) is 5.01 Å². The second-order valence-electron chi connectivity index (χ2n) is 5.65. The van der Waals surface area contributed by atoms with Gasteiger partial charge in [0.05, 0.1) is 11.7 Å². The Morgan fingerprint density at radius 1 is 1.37 bits per heavy atom. The highest BCUT2D eigenvalue weighted by molar-refractivity contribution is 7.14. The van der Waals surface area contributed by atoms with Crippen LogP contribution in [0.3, 0.4) is 0 Å². The second kappa shape index (κ2) is 5.88. The van der Waals surface area contributed by atoms with Crippen LogP contribution in [0.4, 0.5) is 9.80 Å². The Kier molecular flexibility index (Phi) is 4.42. The van der Waals surface area contributed by atoms with Gasteiger partial charge in [-0.3, -0.25) is 4.98 Å². The van der Waals surface area contributed by atoms with Crippen molar-refractivity contribution in [2.75, 3.05) is 18.1 Å². The van der Waals surface area contributed by atoms with Gasteiger partial charge in [0.1, 0.15) is 10.6 Å². The molecule has 106 valence electrons. The number of hydrazine groups is 1. The molecule has 0 atom stereocenters. The molecule has 0 saturated carbocycles. The van der Waals surface area contributed by atoms with Gasteiger partial charge < -0.3 is 4.74 Å². The molecule has 1 aromatic heterocycles. The standard InChI is InChI=1S/C13H21N3O2S/c1-13(2,3)18-12(17)16(11-9-14-10-19-11)15-7-5-4-6-8-15/h9-10H,4-8H2,1-3H3. The normalized spacial score (nSPS) is 17.2. The van der Waals surface area contributed by atoms with E-state index in [0.717, 1.165) is 30.9 Å². The number of carbonyl (C=O) groups excluding carboxylic acids is 1. The molecule has 0 aliphatic carbocycles. The lowest BCUT2D eigenvalue weighted by Gasteiger charge is -2.36. The first-order valence-electron chi connectivity index (χ1n) is 6.64. The third-order valence-corrected chi connectivity index (χ3v) is 3.56. The van der Waals surface area contributed by atoms with Gasteiger partial charge in [-0.15, -0.1) is 11.3 Å². The van der Waals surface area contributed by atoms with Crippen LogP contribution in [0.2, 0.25) is 0 Å². The van der Waals surface area contributed by atoms with Crippen molar-refractivity contribution in [3.63, 3.8) is 0 Å². The number of rotatable bonds is 2. The lowest BCUT2D eigenvalue weighted by atomic mass is 10.2. The Morgan fingerprint density at radius 3 is 2.58 bits per heavy atom. The molecule has 1 aromatic rings. The van der Waals surface area contributed by atoms with Gasteiger partial charge >= 0.3 is 6.09 Å². The van der Waals surface area contributed by atoms with Crippen LogP contribution < -0.4 is 5.01 Å². The highest BCUT2D eigenvalue weighted by atomic mass is 32.1. The average Bonchev–Trinajstić information content (AvgIpc) is 2.82. The molecule has 5 nitrogen and oxygen atoms in total. The quantitative estimate of drug-likeness (QED) is 0.835. The van der Waals surface area contributed by atoms with Crippen LogP contribution in [0.1, 0.15) is 40.0 Å². The highest BCUT2D eigenvalue weighted by Gasteiger charge is 2.30. The molecular formula is C13H21N3O2S. The number of amides is 1. The first kappa shape index (κ1) is 14.3. The van der Waals surface area contributed by atoms with Gasteiger partial charge in [-0.25, -0.2) is 9.80 Å². The summed E-state index contributed by atoms with van der Waals surface area (Å²) in [6.45, 7) is 7.41. The van der Waals surface area contributed by atoms with Crippen LogP contribution in [0.25, 0.3) is 0 Å². The van der Waals surface area contributed by atoms with Crippen LogP contribution in [0.15, 0.2) is 11.7 Å². The first-order chi connectivity index (χ1) is 8.97. The zero-order valence-electron chi connectivity index (χ0n) is 11.8. The van der Waals surface area contributed by atoms with E-state index in [9.17, 15) is 4.79 Å². The Hall–Kier alpha value is -1.14. The third-order valence-electron chi connectivity index (χ3n) is 2.81. The lowest BCUT2D eigenvalue weighted by Crippen LogP contribution is -2.50. The van der Waals surface area contributed by atoms with Crippen LogP contribution in [0, 0.1) is 0 Å². The van der Waals surface area contributed by atoms with Crippen molar-refractivity contribution in [3.8, 4) is 0 Å². The van der Waals surface area contributed by atoms with E-state index < -0.39 is 5.60 Å². The predicted molar refractivity (Wildman–Crippen MR) is 76.3 cm³/mol. The molecule has 1 aliphatic heterocycles. The Balaban J connectivity index is 2.16. The van der Waals surface area contributed by atoms with Crippen LogP contribution in [-0.4, -0.2) is 34.8 Å². The van der Waals surface area contributed by atoms with Crippen molar-refractivity contribution < 1.29 is 9.53 Å². The van der Waals surface area contributed by atoms with E-state index >= 15 is 0 Å². The molecule has 1 aliphatic rings. The van der Waals surface area contributed by atoms with E-state index in [1.54, 1.807) is 16.7 Å². The fourth-order valence-corrected chi connectivity index (χ4v) is 2.68. The average molecular weight is 283 g/mol. The molecule has 2 rings (SSSR count). The number of aromatic nitrogens is 1. The second-order valence-corrected chi connectivity index (χ2v) is 6.51. The summed E-state index contributed by atoms with van der Waals surface area (Å²) >= 11 is 1.45. The van der Waals surface area contributed by atoms with Crippen molar-refractivity contribution >= 4 is 22.4 Å². The summed E-state index contributed by atoms with van der Waals surface area (Å²) < 4.78 is 5.50. The number of hydrogen-bond donors (Lipinski definition) is 0. The molecule has 19 heavy (non-hydrogen) atoms. The van der Waals surface area contributed by atoms with Gasteiger partial charge in [0.2, 0.25) is 0 Å². The number of anilines is 1. The number of nitrogens with zero attached hydrogens (tertiary/aromatic N) is 3. The van der Waals surface area contributed by atoms with Crippen LogP contribution in [0.5, 0.6) is 0 Å². The maximum absolute atomic E-state index is 12.4. The predicted octanol–water partition coefficient (Wildman–Crippen LogP) is 3.29. The maximum Gasteiger partial charge on any atom is 0.430 e. The van der Waals surface area contributed by atoms with Crippen molar-refractivity contribution in [1.29, 1.82) is 0 Å². The third kappa shape index (κ3) is 3.91. The van der Waals surface area contributed by atoms with E-state index in [-0.39, 0.29) is 6.09 Å². The molecule has 1 amide bonds. The molecule has 0 unspecified atom stereocenters. The highest BCUT2D eigenvalue weighted by Crippen LogP contribution is 2.26. The van der Waals surface area contributed by atoms with Gasteiger partial charge in [-0.1, -0.05) is 6.42 Å². The minimum atomic E-state index is -0.490. The smallest absolute Gasteiger partial charge is 0.430 e. The minimum Gasteiger partial charge on any atom is -0.442 e. The molecule has 1 fully saturated rings. The number of hydrogen-bond acceptors (Lipinski definition) is 5. The van der Waals surface area contributed by atoms with E-state index in [2.05, 4.69) is 9.99 Å². The SMILES string of the molecule is CC(C)(C)OC(=O)N(c1cncs1)N1CCCCC1. The fraction of sp³-hybridized carbons (Fsp3) is 0.692. The van der Waals surface area contributed by atoms with Crippen molar-refractivity contribution in [2.24, 2.45) is 0 Å². The van der Waals surface area contributed by atoms with E-state index in [0.29, 0.717) is 0 Å². The zero-order valence-corrected chi connectivity index (χ0v) is 12.6. The molecule has 0 spiro atoms. The van der Waals surface area contributed by atoms with E-state index in [1.165, 1.54) is 17.8 Å². The minimum absolute atomic E-state index is 0.321. The monoisotopic (exact) mass is 283 g/mol. The molecular weight excluding hydrogens is 262 g/mol. The van der Waals surface area contributed by atoms with Crippen molar-refractivity contribution in [1.82, 2.24) is 9.99 Å². The number of ether oxygens (including phenoxy) is 1. The van der Waals surface area contributed by atoms with Gasteiger partial charge in [0, 0.05) is 13.1 Å². The molecule has 1 saturated heterocycles. The molecule has 0 N–H and O–H groups in total. The Labute approximate surface area is 118 Å². The van der Waals surface area contributed by atoms with Crippen molar-refractivity contribution in [2.45, 2.75) is 45.6 Å². The summed E-state index contributed by atoms with van der Waals surface area (Å²) in [5.41, 5.74) is 1.24. The Bertz CT molecular complexity index is 408. The maximum atomic E-state index is 12.4. The van der Waals surface area contributed by atoms with E-state index in [4.69, 9.17) is 4.74 Å². The fourth-order valence-electron chi connectivity index (χ4n) is 2.04. The molecule has 0 radical (unpaired) electrons. The lowest BCUT2D eigenvalue weighted by molar-refractivity contribution is 0.0443. The van der Waals surface area contributed by atoms with E-state index in [1.807, 2.05) is 20.8 Å². The number of thiazole rings is 1. The first-order valence-corrected chi connectivity index (χ1v) is 7.52. The summed E-state index contributed by atoms with van der Waals surface area (Å²) in [5.74, 6) is 0. The molecule has 6 heteroatoms. The molecule has 0 bridgehead atoms. The van der Waals surface area contributed by atoms with Gasteiger partial charge in [0.15, 0.2) is 0 Å². The summed E-state index contributed by atoms with van der Waals surface area (Å²) in [6, 6.07) is 0. The van der Waals surface area contributed by atoms with Gasteiger partial charge in [-0.05, 0) is 33.6 Å². The number of piperidine rings is 1. The summed E-state index contributed by atoms with van der Waals surface area (Å²) in [5, 5.41) is 4.52. The number of carbonyl (C=O) groups is 1. The molecule has 2 heterocycles. The summed E-state index contributed by atoms with van der Waals surface area (Å²) in [7, 11) is 0. The summed E-state index contributed by atoms with van der Waals surface area (Å²) in [6.07, 6.45) is 4.83. The van der Waals surface area contributed by atoms with Crippen molar-refractivity contribution in [3.05, 3.63) is 11.7 Å². The molecule has 0 aromatic carbocycles. The largest absolute Gasteiger partial charge is 0.442 e. The summed E-state index contributed by atoms with van der Waals surface area (Å²) in [4.78, 5) is 16.5. The van der Waals surface area contributed by atoms with Crippen LogP contribution in [-0.2, 0) is 4.74 Å². The van der Waals surface area contributed by atoms with Crippen LogP contribution >= 0.6 is 11.3 Å². The topological polar surface area (TPSA) is 45.7 Å².